The molecule has 0 aliphatic rings. The molecule has 0 radical (unpaired) electrons. The molecular weight excluding hydrogens is 280 g/mol. The van der Waals surface area contributed by atoms with E-state index in [0.29, 0.717) is 5.69 Å². The Bertz CT molecular complexity index is 612. The molecule has 0 heterocycles. The average molecular weight is 300 g/mol. The molecule has 22 heavy (non-hydrogen) atoms. The van der Waals surface area contributed by atoms with Crippen LogP contribution in [0.15, 0.2) is 48.5 Å². The Kier molecular flexibility index (Phi) is 5.65. The quantitative estimate of drug-likeness (QED) is 0.857. The second-order valence-electron chi connectivity index (χ2n) is 4.68. The summed E-state index contributed by atoms with van der Waals surface area (Å²) in [5.74, 6) is 0.905. The van der Waals surface area contributed by atoms with Crippen molar-refractivity contribution in [1.29, 1.82) is 0 Å². The molecule has 5 heteroatoms. The highest BCUT2D eigenvalue weighted by atomic mass is 16.5. The van der Waals surface area contributed by atoms with E-state index in [-0.39, 0.29) is 0 Å². The van der Waals surface area contributed by atoms with Gasteiger partial charge in [0.25, 0.3) is 0 Å². The van der Waals surface area contributed by atoms with Gasteiger partial charge in [-0.2, -0.15) is 0 Å². The number of amides is 1. The number of para-hydroxylation sites is 1. The number of ether oxygens (including phenoxy) is 2. The molecule has 1 amide bonds. The SMILES string of the molecule is COC(=O)Nc1ccc(NCCc2ccccc2OC)cc1. The first-order valence-electron chi connectivity index (χ1n) is 7.03. The molecule has 0 aromatic heterocycles. The van der Waals surface area contributed by atoms with Gasteiger partial charge in [0.05, 0.1) is 14.2 Å². The van der Waals surface area contributed by atoms with Crippen molar-refractivity contribution in [2.45, 2.75) is 6.42 Å². The lowest BCUT2D eigenvalue weighted by molar-refractivity contribution is 0.187. The van der Waals surface area contributed by atoms with Crippen molar-refractivity contribution in [3.63, 3.8) is 0 Å². The Morgan fingerprint density at radius 1 is 1.00 bits per heavy atom. The summed E-state index contributed by atoms with van der Waals surface area (Å²) in [5.41, 5.74) is 2.86. The molecule has 0 aliphatic heterocycles. The largest absolute Gasteiger partial charge is 0.496 e. The Balaban J connectivity index is 1.85. The van der Waals surface area contributed by atoms with Crippen molar-refractivity contribution in [3.05, 3.63) is 54.1 Å². The third kappa shape index (κ3) is 4.41. The number of carbonyl (C=O) groups excluding carboxylic acids is 1. The molecule has 0 unspecified atom stereocenters. The fraction of sp³-hybridized carbons (Fsp3) is 0.235. The minimum absolute atomic E-state index is 0.475. The molecule has 0 saturated heterocycles. The summed E-state index contributed by atoms with van der Waals surface area (Å²) in [6.45, 7) is 0.796. The molecule has 0 atom stereocenters. The lowest BCUT2D eigenvalue weighted by Crippen LogP contribution is -2.11. The number of hydrogen-bond acceptors (Lipinski definition) is 4. The van der Waals surface area contributed by atoms with Gasteiger partial charge in [-0.3, -0.25) is 5.32 Å². The highest BCUT2D eigenvalue weighted by Gasteiger charge is 2.02. The summed E-state index contributed by atoms with van der Waals surface area (Å²) in [5, 5.41) is 5.95. The summed E-state index contributed by atoms with van der Waals surface area (Å²) in [7, 11) is 3.02. The number of hydrogen-bond donors (Lipinski definition) is 2. The van der Waals surface area contributed by atoms with Crippen LogP contribution in [0.1, 0.15) is 5.56 Å². The zero-order chi connectivity index (χ0) is 15.8. The number of methoxy groups -OCH3 is 2. The molecule has 2 N–H and O–H groups in total. The minimum atomic E-state index is -0.475. The first-order valence-corrected chi connectivity index (χ1v) is 7.03. The van der Waals surface area contributed by atoms with Crippen LogP contribution in [0.4, 0.5) is 16.2 Å². The molecule has 5 nitrogen and oxygen atoms in total. The fourth-order valence-electron chi connectivity index (χ4n) is 2.09. The van der Waals surface area contributed by atoms with Crippen LogP contribution in [-0.2, 0) is 11.2 Å². The van der Waals surface area contributed by atoms with E-state index in [2.05, 4.69) is 21.4 Å². The molecule has 116 valence electrons. The van der Waals surface area contributed by atoms with Crippen LogP contribution in [0, 0.1) is 0 Å². The summed E-state index contributed by atoms with van der Waals surface area (Å²) < 4.78 is 9.87. The molecule has 2 aromatic carbocycles. The zero-order valence-corrected chi connectivity index (χ0v) is 12.8. The highest BCUT2D eigenvalue weighted by molar-refractivity contribution is 5.84. The second kappa shape index (κ2) is 7.93. The molecule has 0 fully saturated rings. The van der Waals surface area contributed by atoms with Crippen LogP contribution in [0.25, 0.3) is 0 Å². The van der Waals surface area contributed by atoms with Gasteiger partial charge in [0.2, 0.25) is 0 Å². The fourth-order valence-corrected chi connectivity index (χ4v) is 2.09. The maximum absolute atomic E-state index is 11.1. The van der Waals surface area contributed by atoms with Crippen molar-refractivity contribution in [3.8, 4) is 5.75 Å². The first kappa shape index (κ1) is 15.7. The van der Waals surface area contributed by atoms with E-state index >= 15 is 0 Å². The summed E-state index contributed by atoms with van der Waals surface area (Å²) in [6.07, 6.45) is 0.392. The molecule has 2 aromatic rings. The van der Waals surface area contributed by atoms with Crippen LogP contribution in [0.5, 0.6) is 5.75 Å². The first-order chi connectivity index (χ1) is 10.7. The highest BCUT2D eigenvalue weighted by Crippen LogP contribution is 2.18. The van der Waals surface area contributed by atoms with E-state index in [9.17, 15) is 4.79 Å². The van der Waals surface area contributed by atoms with Gasteiger partial charge in [-0.15, -0.1) is 0 Å². The molecule has 0 spiro atoms. The van der Waals surface area contributed by atoms with Crippen LogP contribution >= 0.6 is 0 Å². The van der Waals surface area contributed by atoms with Gasteiger partial charge in [0.1, 0.15) is 5.75 Å². The third-order valence-corrected chi connectivity index (χ3v) is 3.23. The predicted octanol–water partition coefficient (Wildman–Crippen LogP) is 3.53. The monoisotopic (exact) mass is 300 g/mol. The summed E-state index contributed by atoms with van der Waals surface area (Å²) >= 11 is 0. The number of carbonyl (C=O) groups is 1. The smallest absolute Gasteiger partial charge is 0.411 e. The molecular formula is C17H20N2O3. The van der Waals surface area contributed by atoms with E-state index in [4.69, 9.17) is 4.74 Å². The lowest BCUT2D eigenvalue weighted by atomic mass is 10.1. The number of anilines is 2. The Hall–Kier alpha value is -2.69. The Morgan fingerprint density at radius 3 is 2.36 bits per heavy atom. The Morgan fingerprint density at radius 2 is 1.68 bits per heavy atom. The topological polar surface area (TPSA) is 59.6 Å². The average Bonchev–Trinajstić information content (AvgIpc) is 2.56. The van der Waals surface area contributed by atoms with E-state index < -0.39 is 6.09 Å². The molecule has 0 saturated carbocycles. The van der Waals surface area contributed by atoms with Gasteiger partial charge >= 0.3 is 6.09 Å². The van der Waals surface area contributed by atoms with Crippen LogP contribution in [0.2, 0.25) is 0 Å². The van der Waals surface area contributed by atoms with Gasteiger partial charge in [0.15, 0.2) is 0 Å². The van der Waals surface area contributed by atoms with Crippen molar-refractivity contribution in [2.75, 3.05) is 31.4 Å². The van der Waals surface area contributed by atoms with Gasteiger partial charge in [0, 0.05) is 17.9 Å². The zero-order valence-electron chi connectivity index (χ0n) is 12.8. The van der Waals surface area contributed by atoms with Gasteiger partial charge in [-0.25, -0.2) is 4.79 Å². The maximum Gasteiger partial charge on any atom is 0.411 e. The number of benzene rings is 2. The predicted molar refractivity (Wildman–Crippen MR) is 87.7 cm³/mol. The molecule has 0 bridgehead atoms. The van der Waals surface area contributed by atoms with E-state index in [0.717, 1.165) is 24.4 Å². The lowest BCUT2D eigenvalue weighted by Gasteiger charge is -2.10. The summed E-state index contributed by atoms with van der Waals surface area (Å²) in [4.78, 5) is 11.1. The summed E-state index contributed by atoms with van der Waals surface area (Å²) in [6, 6.07) is 15.5. The Labute approximate surface area is 130 Å². The third-order valence-electron chi connectivity index (χ3n) is 3.23. The van der Waals surface area contributed by atoms with E-state index in [1.165, 1.54) is 12.7 Å². The van der Waals surface area contributed by atoms with Crippen molar-refractivity contribution >= 4 is 17.5 Å². The second-order valence-corrected chi connectivity index (χ2v) is 4.68. The van der Waals surface area contributed by atoms with Crippen molar-refractivity contribution in [1.82, 2.24) is 0 Å². The van der Waals surface area contributed by atoms with Gasteiger partial charge in [-0.05, 0) is 42.3 Å². The van der Waals surface area contributed by atoms with Gasteiger partial charge in [-0.1, -0.05) is 18.2 Å². The normalized spacial score (nSPS) is 9.91. The van der Waals surface area contributed by atoms with Crippen LogP contribution < -0.4 is 15.4 Å². The number of rotatable bonds is 6. The van der Waals surface area contributed by atoms with Crippen molar-refractivity contribution < 1.29 is 14.3 Å². The maximum atomic E-state index is 11.1. The minimum Gasteiger partial charge on any atom is -0.496 e. The number of nitrogens with one attached hydrogen (secondary N) is 2. The molecule has 0 aliphatic carbocycles. The van der Waals surface area contributed by atoms with E-state index in [1.54, 1.807) is 7.11 Å². The molecule has 2 rings (SSSR count). The van der Waals surface area contributed by atoms with Crippen molar-refractivity contribution in [2.24, 2.45) is 0 Å². The van der Waals surface area contributed by atoms with Crippen LogP contribution in [0.3, 0.4) is 0 Å². The standard InChI is InChI=1S/C17H20N2O3/c1-21-16-6-4-3-5-13(16)11-12-18-14-7-9-15(10-8-14)19-17(20)22-2/h3-10,18H,11-12H2,1-2H3,(H,19,20). The van der Waals surface area contributed by atoms with Gasteiger partial charge < -0.3 is 14.8 Å². The van der Waals surface area contributed by atoms with Crippen LogP contribution in [-0.4, -0.2) is 26.9 Å². The van der Waals surface area contributed by atoms with E-state index in [1.807, 2.05) is 42.5 Å².